The topological polar surface area (TPSA) is 87.5 Å². The van der Waals surface area contributed by atoms with E-state index in [0.717, 1.165) is 63.8 Å². The van der Waals surface area contributed by atoms with Gasteiger partial charge in [0.1, 0.15) is 0 Å². The average Bonchev–Trinajstić information content (AvgIpc) is 2.73. The van der Waals surface area contributed by atoms with Crippen molar-refractivity contribution in [1.29, 1.82) is 0 Å². The molecule has 0 aliphatic carbocycles. The van der Waals surface area contributed by atoms with E-state index in [0.29, 0.717) is 28.1 Å². The Kier molecular flexibility index (Phi) is 8.00. The van der Waals surface area contributed by atoms with E-state index in [-0.39, 0.29) is 11.8 Å². The number of carbonyl (C=O) groups excluding carboxylic acids is 2. The number of unbranched alkanes of at least 4 members (excludes halogenated alkanes) is 1. The fraction of sp³-hybridized carbons (Fsp3) is 0.455. The van der Waals surface area contributed by atoms with E-state index in [4.69, 9.17) is 17.3 Å². The summed E-state index contributed by atoms with van der Waals surface area (Å²) in [7, 11) is 0. The first-order chi connectivity index (χ1) is 14.1. The van der Waals surface area contributed by atoms with E-state index in [1.54, 1.807) is 18.2 Å². The maximum absolute atomic E-state index is 12.9. The summed E-state index contributed by atoms with van der Waals surface area (Å²) in [6.45, 7) is 4.82. The average molecular weight is 417 g/mol. The van der Waals surface area contributed by atoms with Crippen LogP contribution in [0.2, 0.25) is 5.02 Å². The molecule has 7 heteroatoms. The molecule has 1 aliphatic heterocycles. The summed E-state index contributed by atoms with van der Waals surface area (Å²) in [6, 6.07) is 8.87. The highest BCUT2D eigenvalue weighted by Gasteiger charge is 2.32. The molecule has 2 aromatic carbocycles. The molecule has 2 aromatic rings. The molecule has 0 spiro atoms. The molecule has 0 aromatic heterocycles. The van der Waals surface area contributed by atoms with Crippen LogP contribution < -0.4 is 16.4 Å². The van der Waals surface area contributed by atoms with Crippen molar-refractivity contribution in [1.82, 2.24) is 15.5 Å². The first-order valence-electron chi connectivity index (χ1n) is 10.3. The van der Waals surface area contributed by atoms with Gasteiger partial charge in [0, 0.05) is 33.5 Å². The summed E-state index contributed by atoms with van der Waals surface area (Å²) < 4.78 is 0. The van der Waals surface area contributed by atoms with Crippen LogP contribution in [0.1, 0.15) is 46.4 Å². The number of nitrogens with one attached hydrogen (secondary N) is 2. The molecule has 2 amide bonds. The van der Waals surface area contributed by atoms with E-state index in [2.05, 4.69) is 10.6 Å². The molecule has 0 unspecified atom stereocenters. The Morgan fingerprint density at radius 3 is 2.14 bits per heavy atom. The normalized spacial score (nSPS) is 13.5. The van der Waals surface area contributed by atoms with Crippen LogP contribution in [0, 0.1) is 0 Å². The number of hydrogen-bond acceptors (Lipinski definition) is 5. The Balaban J connectivity index is 1.45. The molecule has 0 saturated carbocycles. The van der Waals surface area contributed by atoms with Crippen LogP contribution in [-0.4, -0.2) is 56.0 Å². The van der Waals surface area contributed by atoms with Crippen molar-refractivity contribution in [2.24, 2.45) is 5.73 Å². The van der Waals surface area contributed by atoms with Crippen molar-refractivity contribution in [3.8, 4) is 0 Å². The van der Waals surface area contributed by atoms with Crippen LogP contribution in [0.25, 0.3) is 10.8 Å². The lowest BCUT2D eigenvalue weighted by molar-refractivity contribution is 0.0609. The number of carbonyl (C=O) groups is 2. The minimum absolute atomic E-state index is 0.237. The Hall–Kier alpha value is -1.99. The second-order valence-electron chi connectivity index (χ2n) is 7.29. The number of nitrogens with two attached hydrogens (primary N) is 1. The summed E-state index contributed by atoms with van der Waals surface area (Å²) in [5.74, 6) is -0.474. The number of hydrogen-bond donors (Lipinski definition) is 3. The van der Waals surface area contributed by atoms with Crippen molar-refractivity contribution < 1.29 is 9.59 Å². The maximum Gasteiger partial charge on any atom is 0.261 e. The van der Waals surface area contributed by atoms with Crippen LogP contribution in [0.15, 0.2) is 30.3 Å². The minimum atomic E-state index is -0.237. The molecule has 3 rings (SSSR count). The van der Waals surface area contributed by atoms with Crippen molar-refractivity contribution in [2.45, 2.75) is 25.7 Å². The van der Waals surface area contributed by atoms with Gasteiger partial charge in [-0.3, -0.25) is 14.5 Å². The van der Waals surface area contributed by atoms with Gasteiger partial charge in [-0.1, -0.05) is 23.7 Å². The van der Waals surface area contributed by atoms with Crippen LogP contribution in [0.5, 0.6) is 0 Å². The molecule has 29 heavy (non-hydrogen) atoms. The summed E-state index contributed by atoms with van der Waals surface area (Å²) in [5.41, 5.74) is 6.56. The monoisotopic (exact) mass is 416 g/mol. The van der Waals surface area contributed by atoms with Crippen LogP contribution in [0.4, 0.5) is 0 Å². The summed E-state index contributed by atoms with van der Waals surface area (Å²) in [4.78, 5) is 27.1. The predicted octanol–water partition coefficient (Wildman–Crippen LogP) is 2.79. The molecule has 0 saturated heterocycles. The van der Waals surface area contributed by atoms with Gasteiger partial charge < -0.3 is 16.4 Å². The van der Waals surface area contributed by atoms with Crippen LogP contribution in [-0.2, 0) is 0 Å². The molecule has 4 N–H and O–H groups in total. The number of amides is 2. The van der Waals surface area contributed by atoms with E-state index in [1.165, 1.54) is 4.90 Å². The molecule has 0 bridgehead atoms. The first-order valence-corrected chi connectivity index (χ1v) is 10.7. The van der Waals surface area contributed by atoms with Crippen molar-refractivity contribution in [3.63, 3.8) is 0 Å². The molecule has 0 fully saturated rings. The van der Waals surface area contributed by atoms with E-state index >= 15 is 0 Å². The summed E-state index contributed by atoms with van der Waals surface area (Å²) in [5, 5.41) is 8.73. The smallest absolute Gasteiger partial charge is 0.261 e. The fourth-order valence-corrected chi connectivity index (χ4v) is 3.87. The van der Waals surface area contributed by atoms with Gasteiger partial charge in [-0.15, -0.1) is 0 Å². The van der Waals surface area contributed by atoms with Crippen molar-refractivity contribution in [3.05, 3.63) is 46.5 Å². The second kappa shape index (κ2) is 10.7. The summed E-state index contributed by atoms with van der Waals surface area (Å²) >= 11 is 6.25. The van der Waals surface area contributed by atoms with E-state index < -0.39 is 0 Å². The summed E-state index contributed by atoms with van der Waals surface area (Å²) in [6.07, 6.45) is 3.95. The lowest BCUT2D eigenvalue weighted by Crippen LogP contribution is -2.41. The van der Waals surface area contributed by atoms with Gasteiger partial charge in [-0.05, 0) is 76.6 Å². The lowest BCUT2D eigenvalue weighted by atomic mass is 9.94. The Labute approximate surface area is 176 Å². The quantitative estimate of drug-likeness (QED) is 0.366. The molecular weight excluding hydrogens is 388 g/mol. The van der Waals surface area contributed by atoms with Gasteiger partial charge in [0.2, 0.25) is 0 Å². The van der Waals surface area contributed by atoms with Crippen molar-refractivity contribution in [2.75, 3.05) is 39.3 Å². The maximum atomic E-state index is 12.9. The Morgan fingerprint density at radius 1 is 0.828 bits per heavy atom. The second-order valence-corrected chi connectivity index (χ2v) is 7.70. The zero-order valence-electron chi connectivity index (χ0n) is 16.7. The van der Waals surface area contributed by atoms with Crippen molar-refractivity contribution >= 4 is 34.2 Å². The molecule has 0 atom stereocenters. The largest absolute Gasteiger partial charge is 0.330 e. The molecular formula is C22H29ClN4O2. The third-order valence-corrected chi connectivity index (χ3v) is 5.52. The number of rotatable bonds is 12. The van der Waals surface area contributed by atoms with Gasteiger partial charge in [-0.2, -0.15) is 0 Å². The number of benzene rings is 2. The minimum Gasteiger partial charge on any atom is -0.330 e. The van der Waals surface area contributed by atoms with Crippen LogP contribution in [0.3, 0.4) is 0 Å². The van der Waals surface area contributed by atoms with Crippen LogP contribution >= 0.6 is 11.6 Å². The van der Waals surface area contributed by atoms with Gasteiger partial charge in [0.05, 0.1) is 0 Å². The van der Waals surface area contributed by atoms with E-state index in [1.807, 2.05) is 12.1 Å². The predicted molar refractivity (Wildman–Crippen MR) is 118 cm³/mol. The first kappa shape index (κ1) is 21.7. The third kappa shape index (κ3) is 5.14. The van der Waals surface area contributed by atoms with Gasteiger partial charge >= 0.3 is 0 Å². The zero-order valence-corrected chi connectivity index (χ0v) is 17.4. The third-order valence-electron chi connectivity index (χ3n) is 5.19. The van der Waals surface area contributed by atoms with Gasteiger partial charge in [0.25, 0.3) is 11.8 Å². The molecule has 1 aliphatic rings. The number of halogens is 1. The number of imide groups is 1. The highest BCUT2D eigenvalue weighted by Crippen LogP contribution is 2.34. The lowest BCUT2D eigenvalue weighted by Gasteiger charge is -2.27. The Bertz CT molecular complexity index is 849. The fourth-order valence-electron chi connectivity index (χ4n) is 3.65. The molecule has 1 heterocycles. The van der Waals surface area contributed by atoms with E-state index in [9.17, 15) is 9.59 Å². The standard InChI is InChI=1S/C22H29ClN4O2/c23-19-9-8-18-20-16(19)6-3-7-17(20)21(28)27(22(18)29)15-5-14-26-12-2-1-11-25-13-4-10-24/h3,6-9,25-26H,1-2,4-5,10-15,24H2. The highest BCUT2D eigenvalue weighted by atomic mass is 35.5. The van der Waals surface area contributed by atoms with Gasteiger partial charge in [-0.25, -0.2) is 0 Å². The zero-order chi connectivity index (χ0) is 20.6. The highest BCUT2D eigenvalue weighted by molar-refractivity contribution is 6.38. The number of nitrogens with zero attached hydrogens (tertiary/aromatic N) is 1. The Morgan fingerprint density at radius 2 is 1.45 bits per heavy atom. The SMILES string of the molecule is NCCCNCCCCNCCCN1C(=O)c2cccc3c(Cl)ccc(c23)C1=O. The molecule has 156 valence electrons. The molecule has 6 nitrogen and oxygen atoms in total. The van der Waals surface area contributed by atoms with Gasteiger partial charge in [0.15, 0.2) is 0 Å². The molecule has 0 radical (unpaired) electrons.